The van der Waals surface area contributed by atoms with Crippen LogP contribution in [-0.2, 0) is 0 Å². The second kappa shape index (κ2) is 5.79. The van der Waals surface area contributed by atoms with Gasteiger partial charge < -0.3 is 10.6 Å². The fourth-order valence-corrected chi connectivity index (χ4v) is 1.84. The molecule has 2 rings (SSSR count). The van der Waals surface area contributed by atoms with Crippen molar-refractivity contribution in [2.24, 2.45) is 0 Å². The molecule has 0 spiro atoms. The third-order valence-electron chi connectivity index (χ3n) is 3.08. The Labute approximate surface area is 111 Å². The number of nitrogens with one attached hydrogen (secondary N) is 2. The van der Waals surface area contributed by atoms with Gasteiger partial charge in [0.05, 0.1) is 4.92 Å². The first-order valence-electron chi connectivity index (χ1n) is 6.34. The van der Waals surface area contributed by atoms with Gasteiger partial charge in [0.1, 0.15) is 0 Å². The van der Waals surface area contributed by atoms with Crippen molar-refractivity contribution in [3.05, 3.63) is 39.4 Å². The number of aryl methyl sites for hydroxylation is 1. The van der Waals surface area contributed by atoms with Crippen molar-refractivity contribution >= 4 is 11.6 Å². The molecule has 1 aromatic carbocycles. The molecular formula is C13H17N3O3. The minimum atomic E-state index is -0.448. The van der Waals surface area contributed by atoms with E-state index in [0.29, 0.717) is 23.7 Å². The van der Waals surface area contributed by atoms with Crippen molar-refractivity contribution in [2.45, 2.75) is 25.8 Å². The minimum Gasteiger partial charge on any atom is -0.351 e. The van der Waals surface area contributed by atoms with E-state index in [-0.39, 0.29) is 11.6 Å². The van der Waals surface area contributed by atoms with Crippen molar-refractivity contribution in [3.63, 3.8) is 0 Å². The van der Waals surface area contributed by atoms with E-state index in [2.05, 4.69) is 10.6 Å². The van der Waals surface area contributed by atoms with Crippen LogP contribution in [0.3, 0.4) is 0 Å². The van der Waals surface area contributed by atoms with E-state index >= 15 is 0 Å². The fourth-order valence-electron chi connectivity index (χ4n) is 1.84. The Kier molecular flexibility index (Phi) is 4.11. The molecule has 0 heterocycles. The highest BCUT2D eigenvalue weighted by Crippen LogP contribution is 2.19. The van der Waals surface area contributed by atoms with Gasteiger partial charge in [-0.25, -0.2) is 0 Å². The molecule has 0 atom stereocenters. The second-order valence-electron chi connectivity index (χ2n) is 4.74. The second-order valence-corrected chi connectivity index (χ2v) is 4.74. The predicted molar refractivity (Wildman–Crippen MR) is 71.2 cm³/mol. The van der Waals surface area contributed by atoms with Crippen molar-refractivity contribution in [1.29, 1.82) is 0 Å². The smallest absolute Gasteiger partial charge is 0.272 e. The number of benzene rings is 1. The van der Waals surface area contributed by atoms with Crippen LogP contribution < -0.4 is 10.6 Å². The van der Waals surface area contributed by atoms with Crippen LogP contribution in [0.4, 0.5) is 5.69 Å². The highest BCUT2D eigenvalue weighted by atomic mass is 16.6. The van der Waals surface area contributed by atoms with Crippen LogP contribution in [0.1, 0.15) is 28.8 Å². The van der Waals surface area contributed by atoms with Gasteiger partial charge in [-0.05, 0) is 31.9 Å². The lowest BCUT2D eigenvalue weighted by Gasteiger charge is -2.06. The molecule has 0 bridgehead atoms. The zero-order valence-corrected chi connectivity index (χ0v) is 10.8. The number of nitro groups is 1. The van der Waals surface area contributed by atoms with E-state index in [9.17, 15) is 14.9 Å². The average molecular weight is 263 g/mol. The van der Waals surface area contributed by atoms with Gasteiger partial charge in [0, 0.05) is 36.3 Å². The first-order valence-corrected chi connectivity index (χ1v) is 6.34. The summed E-state index contributed by atoms with van der Waals surface area (Å²) in [4.78, 5) is 22.1. The fraction of sp³-hybridized carbons (Fsp3) is 0.462. The topological polar surface area (TPSA) is 84.3 Å². The molecule has 6 heteroatoms. The summed E-state index contributed by atoms with van der Waals surface area (Å²) in [7, 11) is 0. The maximum Gasteiger partial charge on any atom is 0.272 e. The van der Waals surface area contributed by atoms with Crippen molar-refractivity contribution < 1.29 is 9.72 Å². The molecule has 6 nitrogen and oxygen atoms in total. The number of carbonyl (C=O) groups excluding carboxylic acids is 1. The van der Waals surface area contributed by atoms with Gasteiger partial charge in [-0.2, -0.15) is 0 Å². The van der Waals surface area contributed by atoms with E-state index in [1.54, 1.807) is 13.0 Å². The zero-order valence-electron chi connectivity index (χ0n) is 10.8. The predicted octanol–water partition coefficient (Wildman–Crippen LogP) is 1.39. The highest BCUT2D eigenvalue weighted by Gasteiger charge is 2.19. The van der Waals surface area contributed by atoms with Crippen LogP contribution >= 0.6 is 0 Å². The van der Waals surface area contributed by atoms with Crippen LogP contribution in [0.2, 0.25) is 0 Å². The van der Waals surface area contributed by atoms with E-state index in [0.717, 1.165) is 6.54 Å². The number of nitro benzene ring substituents is 1. The van der Waals surface area contributed by atoms with Gasteiger partial charge in [-0.1, -0.05) is 0 Å². The van der Waals surface area contributed by atoms with Gasteiger partial charge in [-0.3, -0.25) is 14.9 Å². The summed E-state index contributed by atoms with van der Waals surface area (Å²) in [6.07, 6.45) is 2.44. The lowest BCUT2D eigenvalue weighted by atomic mass is 10.1. The van der Waals surface area contributed by atoms with Gasteiger partial charge in [0.15, 0.2) is 0 Å². The number of amides is 1. The molecule has 19 heavy (non-hydrogen) atoms. The highest BCUT2D eigenvalue weighted by molar-refractivity contribution is 5.94. The molecule has 0 aromatic heterocycles. The number of hydrogen-bond acceptors (Lipinski definition) is 4. The largest absolute Gasteiger partial charge is 0.351 e. The Balaban J connectivity index is 1.87. The average Bonchev–Trinajstić information content (AvgIpc) is 3.17. The van der Waals surface area contributed by atoms with Crippen LogP contribution in [0, 0.1) is 17.0 Å². The quantitative estimate of drug-likeness (QED) is 0.461. The van der Waals surface area contributed by atoms with Crippen molar-refractivity contribution in [1.82, 2.24) is 10.6 Å². The van der Waals surface area contributed by atoms with E-state index in [1.165, 1.54) is 25.0 Å². The Hall–Kier alpha value is -1.95. The molecule has 1 saturated carbocycles. The number of hydrogen-bond donors (Lipinski definition) is 2. The molecule has 0 saturated heterocycles. The molecule has 102 valence electrons. The van der Waals surface area contributed by atoms with Crippen LogP contribution in [0.5, 0.6) is 0 Å². The SMILES string of the molecule is Cc1cc(C(=O)NCCNC2CC2)ccc1[N+](=O)[O-]. The monoisotopic (exact) mass is 263 g/mol. The van der Waals surface area contributed by atoms with Crippen LogP contribution in [0.15, 0.2) is 18.2 Å². The summed E-state index contributed by atoms with van der Waals surface area (Å²) in [5.41, 5.74) is 0.982. The Morgan fingerprint density at radius 1 is 1.42 bits per heavy atom. The summed E-state index contributed by atoms with van der Waals surface area (Å²) in [5.74, 6) is -0.199. The summed E-state index contributed by atoms with van der Waals surface area (Å²) in [5, 5.41) is 16.8. The molecule has 1 fully saturated rings. The molecule has 0 unspecified atom stereocenters. The molecule has 2 N–H and O–H groups in total. The first kappa shape index (κ1) is 13.5. The maximum atomic E-state index is 11.8. The lowest BCUT2D eigenvalue weighted by Crippen LogP contribution is -2.32. The van der Waals surface area contributed by atoms with Gasteiger partial charge in [0.2, 0.25) is 0 Å². The van der Waals surface area contributed by atoms with E-state index in [1.807, 2.05) is 0 Å². The van der Waals surface area contributed by atoms with E-state index in [4.69, 9.17) is 0 Å². The Morgan fingerprint density at radius 3 is 2.74 bits per heavy atom. The molecule has 1 aliphatic rings. The third kappa shape index (κ3) is 3.75. The summed E-state index contributed by atoms with van der Waals surface area (Å²) in [6.45, 7) is 2.94. The zero-order chi connectivity index (χ0) is 13.8. The van der Waals surface area contributed by atoms with Crippen molar-refractivity contribution in [2.75, 3.05) is 13.1 Å². The van der Waals surface area contributed by atoms with E-state index < -0.39 is 4.92 Å². The first-order chi connectivity index (χ1) is 9.08. The van der Waals surface area contributed by atoms with Gasteiger partial charge in [0.25, 0.3) is 11.6 Å². The minimum absolute atomic E-state index is 0.0342. The molecule has 1 aromatic rings. The molecule has 0 radical (unpaired) electrons. The van der Waals surface area contributed by atoms with Gasteiger partial charge in [-0.15, -0.1) is 0 Å². The third-order valence-corrected chi connectivity index (χ3v) is 3.08. The maximum absolute atomic E-state index is 11.8. The number of nitrogens with zero attached hydrogens (tertiary/aromatic N) is 1. The van der Waals surface area contributed by atoms with Crippen molar-refractivity contribution in [3.8, 4) is 0 Å². The standard InChI is InChI=1S/C13H17N3O3/c1-9-8-10(2-5-12(9)16(18)19)13(17)15-7-6-14-11-3-4-11/h2,5,8,11,14H,3-4,6-7H2,1H3,(H,15,17). The molecule has 1 amide bonds. The van der Waals surface area contributed by atoms with Crippen LogP contribution in [-0.4, -0.2) is 30.0 Å². The summed E-state index contributed by atoms with van der Waals surface area (Å²) in [6, 6.07) is 5.02. The lowest BCUT2D eigenvalue weighted by molar-refractivity contribution is -0.385. The normalized spacial score (nSPS) is 14.2. The van der Waals surface area contributed by atoms with Crippen LogP contribution in [0.25, 0.3) is 0 Å². The Morgan fingerprint density at radius 2 is 2.16 bits per heavy atom. The molecule has 1 aliphatic carbocycles. The summed E-state index contributed by atoms with van der Waals surface area (Å²) >= 11 is 0. The number of carbonyl (C=O) groups is 1. The molecular weight excluding hydrogens is 246 g/mol. The van der Waals surface area contributed by atoms with Gasteiger partial charge >= 0.3 is 0 Å². The summed E-state index contributed by atoms with van der Waals surface area (Å²) < 4.78 is 0. The Bertz CT molecular complexity index is 498. The molecule has 0 aliphatic heterocycles. The number of rotatable bonds is 6.